The Morgan fingerprint density at radius 1 is 0.929 bits per heavy atom. The molecule has 0 saturated carbocycles. The average Bonchev–Trinajstić information content (AvgIpc) is 2.75. The average molecular weight is 396 g/mol. The van der Waals surface area contributed by atoms with Gasteiger partial charge in [-0.15, -0.1) is 0 Å². The fourth-order valence-electron chi connectivity index (χ4n) is 3.32. The molecule has 0 spiro atoms. The lowest BCUT2D eigenvalue weighted by atomic mass is 9.84. The van der Waals surface area contributed by atoms with E-state index >= 15 is 0 Å². The van der Waals surface area contributed by atoms with Gasteiger partial charge in [-0.25, -0.2) is 5.06 Å². The maximum atomic E-state index is 12.2. The first-order valence-electron chi connectivity index (χ1n) is 9.00. The van der Waals surface area contributed by atoms with Crippen molar-refractivity contribution in [3.05, 3.63) is 101 Å². The summed E-state index contributed by atoms with van der Waals surface area (Å²) in [5.74, 6) is -0.656. The van der Waals surface area contributed by atoms with Crippen LogP contribution in [-0.4, -0.2) is 18.3 Å². The Kier molecular flexibility index (Phi) is 6.69. The topological polar surface area (TPSA) is 49.8 Å². The summed E-state index contributed by atoms with van der Waals surface area (Å²) in [7, 11) is 1.37. The molecule has 4 nitrogen and oxygen atoms in total. The Morgan fingerprint density at radius 2 is 1.46 bits per heavy atom. The lowest BCUT2D eigenvalue weighted by molar-refractivity contribution is -0.141. The Hall–Kier alpha value is -2.82. The number of hydrogen-bond acceptors (Lipinski definition) is 4. The van der Waals surface area contributed by atoms with E-state index in [0.29, 0.717) is 10.7 Å². The van der Waals surface area contributed by atoms with Gasteiger partial charge in [0, 0.05) is 10.9 Å². The summed E-state index contributed by atoms with van der Waals surface area (Å²) in [6, 6.07) is 25.8. The zero-order chi connectivity index (χ0) is 19.9. The monoisotopic (exact) mass is 395 g/mol. The molecular formula is C23H22ClNO3. The van der Waals surface area contributed by atoms with Crippen molar-refractivity contribution in [3.8, 4) is 0 Å². The highest BCUT2D eigenvalue weighted by atomic mass is 35.5. The maximum Gasteiger partial charge on any atom is 0.306 e. The molecule has 1 N–H and O–H groups in total. The van der Waals surface area contributed by atoms with Crippen molar-refractivity contribution in [1.82, 2.24) is 0 Å². The van der Waals surface area contributed by atoms with E-state index in [4.69, 9.17) is 16.3 Å². The zero-order valence-electron chi connectivity index (χ0n) is 15.5. The van der Waals surface area contributed by atoms with Gasteiger partial charge < -0.3 is 4.74 Å². The number of carbonyl (C=O) groups excluding carboxylic acids is 1. The molecule has 0 aliphatic heterocycles. The minimum Gasteiger partial charge on any atom is -0.469 e. The highest BCUT2D eigenvalue weighted by Gasteiger charge is 2.32. The first kappa shape index (κ1) is 19.9. The molecule has 0 heterocycles. The van der Waals surface area contributed by atoms with E-state index in [1.807, 2.05) is 60.7 Å². The molecule has 3 aromatic carbocycles. The minimum atomic E-state index is -0.496. The molecule has 0 amide bonds. The van der Waals surface area contributed by atoms with Gasteiger partial charge in [-0.1, -0.05) is 72.3 Å². The summed E-state index contributed by atoms with van der Waals surface area (Å²) in [6.45, 7) is 0. The smallest absolute Gasteiger partial charge is 0.306 e. The van der Waals surface area contributed by atoms with E-state index in [1.165, 1.54) is 12.2 Å². The molecular weight excluding hydrogens is 374 g/mol. The summed E-state index contributed by atoms with van der Waals surface area (Å²) in [6.07, 6.45) is 0.130. The third-order valence-corrected chi connectivity index (χ3v) is 4.97. The number of hydroxylamine groups is 1. The van der Waals surface area contributed by atoms with E-state index in [2.05, 4.69) is 0 Å². The van der Waals surface area contributed by atoms with Crippen molar-refractivity contribution in [1.29, 1.82) is 0 Å². The fraction of sp³-hybridized carbons (Fsp3) is 0.174. The Bertz CT molecular complexity index is 885. The van der Waals surface area contributed by atoms with Crippen molar-refractivity contribution >= 4 is 23.3 Å². The number of halogens is 1. The number of hydrogen-bond donors (Lipinski definition) is 1. The lowest BCUT2D eigenvalue weighted by Crippen LogP contribution is -2.31. The van der Waals surface area contributed by atoms with Crippen LogP contribution in [0.25, 0.3) is 0 Å². The van der Waals surface area contributed by atoms with Gasteiger partial charge in [0.25, 0.3) is 0 Å². The summed E-state index contributed by atoms with van der Waals surface area (Å²) in [4.78, 5) is 12.2. The van der Waals surface area contributed by atoms with Crippen LogP contribution in [0, 0.1) is 0 Å². The van der Waals surface area contributed by atoms with Gasteiger partial charge in [-0.2, -0.15) is 0 Å². The van der Waals surface area contributed by atoms with Crippen molar-refractivity contribution in [2.75, 3.05) is 12.2 Å². The van der Waals surface area contributed by atoms with E-state index in [0.717, 1.165) is 11.1 Å². The molecule has 0 radical (unpaired) electrons. The van der Waals surface area contributed by atoms with E-state index in [1.54, 1.807) is 24.3 Å². The van der Waals surface area contributed by atoms with Crippen molar-refractivity contribution in [2.24, 2.45) is 0 Å². The Morgan fingerprint density at radius 3 is 2.00 bits per heavy atom. The molecule has 0 saturated heterocycles. The van der Waals surface area contributed by atoms with Gasteiger partial charge in [-0.05, 0) is 35.4 Å². The number of nitrogens with zero attached hydrogens (tertiary/aromatic N) is 1. The van der Waals surface area contributed by atoms with Crippen LogP contribution >= 0.6 is 11.6 Å². The van der Waals surface area contributed by atoms with Crippen LogP contribution in [0.2, 0.25) is 5.02 Å². The second-order valence-electron chi connectivity index (χ2n) is 6.47. The molecule has 144 valence electrons. The van der Waals surface area contributed by atoms with Gasteiger partial charge >= 0.3 is 5.97 Å². The number of carbonyl (C=O) groups is 1. The van der Waals surface area contributed by atoms with E-state index < -0.39 is 6.04 Å². The molecule has 2 atom stereocenters. The van der Waals surface area contributed by atoms with E-state index in [9.17, 15) is 10.0 Å². The standard InChI is InChI=1S/C23H22ClNO3/c1-28-22(26)16-21(17-8-4-2-5-9-17)23(18-10-6-3-7-11-18)25(27)20-14-12-19(24)13-15-20/h2-15,21,23,27H,16H2,1H3/t21-,23+/m1/s1. The number of ether oxygens (including phenoxy) is 1. The Labute approximate surface area is 169 Å². The molecule has 5 heteroatoms. The first-order chi connectivity index (χ1) is 13.6. The van der Waals surface area contributed by atoms with Crippen molar-refractivity contribution < 1.29 is 14.7 Å². The number of benzene rings is 3. The van der Waals surface area contributed by atoms with Gasteiger partial charge in [0.15, 0.2) is 0 Å². The quantitative estimate of drug-likeness (QED) is 0.416. The molecule has 0 fully saturated rings. The third-order valence-electron chi connectivity index (χ3n) is 4.72. The second-order valence-corrected chi connectivity index (χ2v) is 6.91. The molecule has 3 rings (SSSR count). The molecule has 0 aromatic heterocycles. The maximum absolute atomic E-state index is 12.2. The number of rotatable bonds is 7. The normalized spacial score (nSPS) is 12.8. The number of methoxy groups -OCH3 is 1. The summed E-state index contributed by atoms with van der Waals surface area (Å²) in [5.41, 5.74) is 2.41. The van der Waals surface area contributed by atoms with Gasteiger partial charge in [0.1, 0.15) is 0 Å². The van der Waals surface area contributed by atoms with Crippen LogP contribution < -0.4 is 5.06 Å². The summed E-state index contributed by atoms with van der Waals surface area (Å²) in [5, 5.41) is 13.0. The van der Waals surface area contributed by atoms with Crippen LogP contribution in [0.4, 0.5) is 5.69 Å². The number of anilines is 1. The SMILES string of the molecule is COC(=O)C[C@H](c1ccccc1)[C@H](c1ccccc1)N(O)c1ccc(Cl)cc1. The molecule has 0 aliphatic rings. The van der Waals surface area contributed by atoms with Crippen LogP contribution in [0.5, 0.6) is 0 Å². The summed E-state index contributed by atoms with van der Waals surface area (Å²) < 4.78 is 4.93. The minimum absolute atomic E-state index is 0.130. The molecule has 28 heavy (non-hydrogen) atoms. The first-order valence-corrected chi connectivity index (χ1v) is 9.38. The van der Waals surface area contributed by atoms with Gasteiger partial charge in [0.2, 0.25) is 0 Å². The largest absolute Gasteiger partial charge is 0.469 e. The molecule has 3 aromatic rings. The molecule has 0 unspecified atom stereocenters. The fourth-order valence-corrected chi connectivity index (χ4v) is 3.45. The van der Waals surface area contributed by atoms with Crippen molar-refractivity contribution in [3.63, 3.8) is 0 Å². The highest BCUT2D eigenvalue weighted by molar-refractivity contribution is 6.30. The predicted molar refractivity (Wildman–Crippen MR) is 111 cm³/mol. The zero-order valence-corrected chi connectivity index (χ0v) is 16.3. The second kappa shape index (κ2) is 9.40. The molecule has 0 bridgehead atoms. The molecule has 0 aliphatic carbocycles. The number of esters is 1. The summed E-state index contributed by atoms with van der Waals surface area (Å²) >= 11 is 6.00. The van der Waals surface area contributed by atoms with Gasteiger partial charge in [0.05, 0.1) is 25.3 Å². The lowest BCUT2D eigenvalue weighted by Gasteiger charge is -2.34. The van der Waals surface area contributed by atoms with Crippen LogP contribution in [0.1, 0.15) is 29.5 Å². The van der Waals surface area contributed by atoms with Crippen LogP contribution in [0.15, 0.2) is 84.9 Å². The third kappa shape index (κ3) is 4.71. The Balaban J connectivity index is 2.09. The van der Waals surface area contributed by atoms with E-state index in [-0.39, 0.29) is 18.3 Å². The van der Waals surface area contributed by atoms with Gasteiger partial charge in [-0.3, -0.25) is 10.0 Å². The van der Waals surface area contributed by atoms with Crippen molar-refractivity contribution in [2.45, 2.75) is 18.4 Å². The highest BCUT2D eigenvalue weighted by Crippen LogP contribution is 2.40. The predicted octanol–water partition coefficient (Wildman–Crippen LogP) is 5.62. The van der Waals surface area contributed by atoms with Crippen LogP contribution in [-0.2, 0) is 9.53 Å². The van der Waals surface area contributed by atoms with Crippen LogP contribution in [0.3, 0.4) is 0 Å².